The van der Waals surface area contributed by atoms with Crippen molar-refractivity contribution in [1.82, 2.24) is 0 Å². The van der Waals surface area contributed by atoms with E-state index in [1.807, 2.05) is 17.5 Å². The first-order valence-electron chi connectivity index (χ1n) is 5.40. The maximum absolute atomic E-state index is 13.7. The molecule has 0 unspecified atom stereocenters. The van der Waals surface area contributed by atoms with Crippen molar-refractivity contribution >= 4 is 22.7 Å². The van der Waals surface area contributed by atoms with Gasteiger partial charge in [0.2, 0.25) is 0 Å². The maximum atomic E-state index is 13.7. The monoisotopic (exact) mass is 282 g/mol. The lowest BCUT2D eigenvalue weighted by atomic mass is 10.2. The maximum Gasteiger partial charge on any atom is 0.313 e. The smallest absolute Gasteiger partial charge is 0.313 e. The van der Waals surface area contributed by atoms with E-state index in [1.165, 1.54) is 13.2 Å². The van der Waals surface area contributed by atoms with Crippen molar-refractivity contribution in [2.75, 3.05) is 12.4 Å². The van der Waals surface area contributed by atoms with Crippen molar-refractivity contribution < 1.29 is 14.1 Å². The standard InChI is InChI=1S/C12H11FN2O3S/c1-18-12-6-10(9(13)5-11(12)15(16)17)14-7-8-3-2-4-19-8/h2-6,14H,7H2,1H3. The molecule has 2 aromatic rings. The Morgan fingerprint density at radius 2 is 2.32 bits per heavy atom. The van der Waals surface area contributed by atoms with Gasteiger partial charge in [0.15, 0.2) is 11.6 Å². The molecular weight excluding hydrogens is 271 g/mol. The zero-order chi connectivity index (χ0) is 13.8. The van der Waals surface area contributed by atoms with Crippen molar-refractivity contribution in [2.24, 2.45) is 0 Å². The van der Waals surface area contributed by atoms with Crippen molar-refractivity contribution in [2.45, 2.75) is 6.54 Å². The minimum atomic E-state index is -0.677. The normalized spacial score (nSPS) is 10.2. The minimum Gasteiger partial charge on any atom is -0.490 e. The molecule has 1 aromatic carbocycles. The number of methoxy groups -OCH3 is 1. The second kappa shape index (κ2) is 5.66. The molecule has 0 saturated heterocycles. The van der Waals surface area contributed by atoms with E-state index in [9.17, 15) is 14.5 Å². The van der Waals surface area contributed by atoms with E-state index in [0.29, 0.717) is 6.54 Å². The summed E-state index contributed by atoms with van der Waals surface area (Å²) in [5.41, 5.74) is -0.211. The molecule has 2 rings (SSSR count). The molecule has 0 amide bonds. The quantitative estimate of drug-likeness (QED) is 0.674. The van der Waals surface area contributed by atoms with Gasteiger partial charge in [0.1, 0.15) is 0 Å². The van der Waals surface area contributed by atoms with Crippen molar-refractivity contribution in [3.63, 3.8) is 0 Å². The third-order valence-corrected chi connectivity index (χ3v) is 3.37. The van der Waals surface area contributed by atoms with Gasteiger partial charge in [-0.3, -0.25) is 10.1 Å². The van der Waals surface area contributed by atoms with Crippen LogP contribution in [-0.2, 0) is 6.54 Å². The summed E-state index contributed by atoms with van der Waals surface area (Å²) in [6.07, 6.45) is 0. The molecule has 100 valence electrons. The topological polar surface area (TPSA) is 64.4 Å². The van der Waals surface area contributed by atoms with Gasteiger partial charge in [-0.2, -0.15) is 0 Å². The van der Waals surface area contributed by atoms with Crippen LogP contribution in [0, 0.1) is 15.9 Å². The molecule has 0 bridgehead atoms. The molecule has 0 fully saturated rings. The Morgan fingerprint density at radius 1 is 1.53 bits per heavy atom. The highest BCUT2D eigenvalue weighted by Gasteiger charge is 2.19. The number of halogens is 1. The van der Waals surface area contributed by atoms with E-state index in [4.69, 9.17) is 4.74 Å². The summed E-state index contributed by atoms with van der Waals surface area (Å²) in [6, 6.07) is 5.96. The fourth-order valence-corrected chi connectivity index (χ4v) is 2.22. The van der Waals surface area contributed by atoms with Crippen molar-refractivity contribution in [3.05, 3.63) is 50.5 Å². The van der Waals surface area contributed by atoms with Crippen molar-refractivity contribution in [3.8, 4) is 5.75 Å². The Hall–Kier alpha value is -2.15. The van der Waals surface area contributed by atoms with E-state index in [-0.39, 0.29) is 17.1 Å². The molecule has 1 N–H and O–H groups in total. The number of nitrogens with zero attached hydrogens (tertiary/aromatic N) is 1. The first-order valence-corrected chi connectivity index (χ1v) is 6.28. The Bertz CT molecular complexity index is 587. The van der Waals surface area contributed by atoms with Crippen LogP contribution in [0.5, 0.6) is 5.75 Å². The fourth-order valence-electron chi connectivity index (χ4n) is 1.58. The number of nitro benzene ring substituents is 1. The molecule has 0 aliphatic rings. The molecule has 5 nitrogen and oxygen atoms in total. The van der Waals surface area contributed by atoms with E-state index < -0.39 is 10.7 Å². The second-order valence-electron chi connectivity index (χ2n) is 3.69. The molecule has 0 saturated carbocycles. The molecule has 0 aliphatic heterocycles. The molecule has 0 atom stereocenters. The Labute approximate surface area is 112 Å². The largest absolute Gasteiger partial charge is 0.490 e. The van der Waals surface area contributed by atoms with Crippen LogP contribution in [-0.4, -0.2) is 12.0 Å². The fraction of sp³-hybridized carbons (Fsp3) is 0.167. The summed E-state index contributed by atoms with van der Waals surface area (Å²) in [7, 11) is 1.31. The first kappa shape index (κ1) is 13.3. The number of nitrogens with one attached hydrogen (secondary N) is 1. The van der Waals surface area contributed by atoms with Gasteiger partial charge >= 0.3 is 5.69 Å². The van der Waals surface area contributed by atoms with Crippen LogP contribution in [0.15, 0.2) is 29.6 Å². The van der Waals surface area contributed by atoms with Crippen molar-refractivity contribution in [1.29, 1.82) is 0 Å². The highest BCUT2D eigenvalue weighted by Crippen LogP contribution is 2.32. The lowest BCUT2D eigenvalue weighted by Crippen LogP contribution is -2.02. The van der Waals surface area contributed by atoms with Gasteiger partial charge in [-0.25, -0.2) is 4.39 Å². The van der Waals surface area contributed by atoms with Crippen LogP contribution in [0.25, 0.3) is 0 Å². The summed E-state index contributed by atoms with van der Waals surface area (Å²) in [4.78, 5) is 11.1. The van der Waals surface area contributed by atoms with Gasteiger partial charge in [-0.1, -0.05) is 6.07 Å². The van der Waals surface area contributed by atoms with Crippen LogP contribution in [0.1, 0.15) is 4.88 Å². The lowest BCUT2D eigenvalue weighted by molar-refractivity contribution is -0.385. The van der Waals surface area contributed by atoms with E-state index in [1.54, 1.807) is 11.3 Å². The number of rotatable bonds is 5. The van der Waals surface area contributed by atoms with Crippen LogP contribution >= 0.6 is 11.3 Å². The van der Waals surface area contributed by atoms with Gasteiger partial charge in [-0.05, 0) is 11.4 Å². The summed E-state index contributed by atoms with van der Waals surface area (Å²) in [5, 5.41) is 15.5. The average molecular weight is 282 g/mol. The minimum absolute atomic E-state index is 0.0279. The Balaban J connectivity index is 2.23. The molecule has 1 heterocycles. The lowest BCUT2D eigenvalue weighted by Gasteiger charge is -2.09. The second-order valence-corrected chi connectivity index (χ2v) is 4.73. The zero-order valence-corrected chi connectivity index (χ0v) is 10.9. The number of nitro groups is 1. The van der Waals surface area contributed by atoms with E-state index >= 15 is 0 Å². The predicted molar refractivity (Wildman–Crippen MR) is 71.3 cm³/mol. The van der Waals surface area contributed by atoms with E-state index in [0.717, 1.165) is 10.9 Å². The summed E-state index contributed by atoms with van der Waals surface area (Å²) >= 11 is 1.54. The van der Waals surface area contributed by atoms with Crippen LogP contribution < -0.4 is 10.1 Å². The van der Waals surface area contributed by atoms with Gasteiger partial charge < -0.3 is 10.1 Å². The molecular formula is C12H11FN2O3S. The molecule has 19 heavy (non-hydrogen) atoms. The van der Waals surface area contributed by atoms with E-state index in [2.05, 4.69) is 5.32 Å². The number of benzene rings is 1. The number of hydrogen-bond donors (Lipinski definition) is 1. The first-order chi connectivity index (χ1) is 9.11. The van der Waals surface area contributed by atoms with Gasteiger partial charge in [0.25, 0.3) is 0 Å². The number of ether oxygens (including phenoxy) is 1. The van der Waals surface area contributed by atoms with Gasteiger partial charge in [0, 0.05) is 17.5 Å². The average Bonchev–Trinajstić information content (AvgIpc) is 2.90. The number of thiophene rings is 1. The van der Waals surface area contributed by atoms with Gasteiger partial charge in [0.05, 0.1) is 23.8 Å². The summed E-state index contributed by atoms with van der Waals surface area (Å²) in [5.74, 6) is -0.649. The Kier molecular flexibility index (Phi) is 3.96. The Morgan fingerprint density at radius 3 is 2.89 bits per heavy atom. The van der Waals surface area contributed by atoms with Crippen LogP contribution in [0.4, 0.5) is 15.8 Å². The zero-order valence-electron chi connectivity index (χ0n) is 10.1. The highest BCUT2D eigenvalue weighted by atomic mass is 32.1. The van der Waals surface area contributed by atoms with Gasteiger partial charge in [-0.15, -0.1) is 11.3 Å². The molecule has 0 spiro atoms. The van der Waals surface area contributed by atoms with Crippen LogP contribution in [0.2, 0.25) is 0 Å². The molecule has 0 aliphatic carbocycles. The molecule has 1 aromatic heterocycles. The number of anilines is 1. The third kappa shape index (κ3) is 3.00. The molecule has 0 radical (unpaired) electrons. The molecule has 7 heteroatoms. The predicted octanol–water partition coefficient (Wildman–Crippen LogP) is 3.42. The van der Waals surface area contributed by atoms with Crippen LogP contribution in [0.3, 0.4) is 0 Å². The third-order valence-electron chi connectivity index (χ3n) is 2.50. The summed E-state index contributed by atoms with van der Waals surface area (Å²) in [6.45, 7) is 0.454. The highest BCUT2D eigenvalue weighted by molar-refractivity contribution is 7.09. The number of hydrogen-bond acceptors (Lipinski definition) is 5. The summed E-state index contributed by atoms with van der Waals surface area (Å²) < 4.78 is 18.6. The SMILES string of the molecule is COc1cc(NCc2cccs2)c(F)cc1[N+](=O)[O-].